The molecule has 0 aromatic heterocycles. The second-order valence-corrected chi connectivity index (χ2v) is 12.7. The molecule has 0 unspecified atom stereocenters. The molecule has 1 N–H and O–H groups in total. The summed E-state index contributed by atoms with van der Waals surface area (Å²) in [4.78, 5) is 0. The number of hydrogen-bond acceptors (Lipinski definition) is 3. The first kappa shape index (κ1) is 17.7. The molecule has 2 nitrogen and oxygen atoms in total. The highest BCUT2D eigenvalue weighted by Gasteiger charge is 2.41. The van der Waals surface area contributed by atoms with Crippen molar-refractivity contribution < 1.29 is 9.84 Å². The van der Waals surface area contributed by atoms with Gasteiger partial charge in [-0.3, -0.25) is 0 Å². The monoisotopic (exact) mass is 312 g/mol. The summed E-state index contributed by atoms with van der Waals surface area (Å²) in [7, 11) is -1.65. The molecule has 0 aliphatic carbocycles. The third kappa shape index (κ3) is 3.63. The van der Waals surface area contributed by atoms with E-state index < -0.39 is 14.2 Å². The molecule has 1 rings (SSSR count). The Balaban J connectivity index is 2.82. The Morgan fingerprint density at radius 1 is 1.20 bits per heavy atom. The van der Waals surface area contributed by atoms with Crippen LogP contribution in [-0.2, 0) is 4.74 Å². The SMILES string of the molecule is CC(C)[Si](C#CC[C@@H]1C[C@@H](O)C(=S)O1)(C(C)C)C(C)C. The zero-order chi connectivity index (χ0) is 15.5. The number of aliphatic hydroxyl groups excluding tert-OH is 1. The summed E-state index contributed by atoms with van der Waals surface area (Å²) in [6.45, 7) is 13.9. The maximum atomic E-state index is 9.59. The standard InChI is InChI=1S/C16H28O2SSi/c1-11(2)20(12(3)4,13(5)6)9-7-8-14-10-15(17)16(19)18-14/h11-15,17H,8,10H2,1-6H3/t14-,15-/m1/s1. The van der Waals surface area contributed by atoms with Gasteiger partial charge >= 0.3 is 0 Å². The van der Waals surface area contributed by atoms with Crippen LogP contribution < -0.4 is 0 Å². The van der Waals surface area contributed by atoms with Gasteiger partial charge in [0.05, 0.1) is 0 Å². The van der Waals surface area contributed by atoms with Crippen LogP contribution in [0.15, 0.2) is 0 Å². The highest BCUT2D eigenvalue weighted by molar-refractivity contribution is 7.80. The molecule has 0 radical (unpaired) electrons. The van der Waals surface area contributed by atoms with Gasteiger partial charge in [-0.05, 0) is 28.8 Å². The lowest BCUT2D eigenvalue weighted by Crippen LogP contribution is -2.43. The fourth-order valence-corrected chi connectivity index (χ4v) is 9.02. The van der Waals surface area contributed by atoms with Crippen molar-refractivity contribution in [1.29, 1.82) is 0 Å². The van der Waals surface area contributed by atoms with Crippen LogP contribution in [0.4, 0.5) is 0 Å². The van der Waals surface area contributed by atoms with Crippen molar-refractivity contribution in [2.45, 2.75) is 83.2 Å². The second kappa shape index (κ2) is 7.06. The normalized spacial score (nSPS) is 23.2. The number of hydrogen-bond donors (Lipinski definition) is 1. The zero-order valence-corrected chi connectivity index (χ0v) is 15.4. The third-order valence-electron chi connectivity index (χ3n) is 4.54. The largest absolute Gasteiger partial charge is 0.480 e. The molecule has 0 aromatic rings. The Labute approximate surface area is 130 Å². The van der Waals surface area contributed by atoms with Gasteiger partial charge in [0.2, 0.25) is 0 Å². The summed E-state index contributed by atoms with van der Waals surface area (Å²) in [5.41, 5.74) is 5.61. The lowest BCUT2D eigenvalue weighted by molar-refractivity contribution is 0.212. The van der Waals surface area contributed by atoms with Crippen LogP contribution in [0, 0.1) is 11.5 Å². The van der Waals surface area contributed by atoms with Gasteiger partial charge in [-0.2, -0.15) is 0 Å². The summed E-state index contributed by atoms with van der Waals surface area (Å²) in [6.07, 6.45) is 0.660. The van der Waals surface area contributed by atoms with Crippen LogP contribution in [0.25, 0.3) is 0 Å². The highest BCUT2D eigenvalue weighted by atomic mass is 32.1. The van der Waals surface area contributed by atoms with Crippen molar-refractivity contribution in [2.24, 2.45) is 0 Å². The molecule has 1 fully saturated rings. The maximum Gasteiger partial charge on any atom is 0.188 e. The van der Waals surface area contributed by atoms with Crippen molar-refractivity contribution in [3.05, 3.63) is 0 Å². The van der Waals surface area contributed by atoms with Gasteiger partial charge in [-0.15, -0.1) is 11.5 Å². The predicted octanol–water partition coefficient (Wildman–Crippen LogP) is 4.08. The van der Waals surface area contributed by atoms with Crippen molar-refractivity contribution in [3.8, 4) is 11.5 Å². The average molecular weight is 313 g/mol. The third-order valence-corrected chi connectivity index (χ3v) is 11.3. The Morgan fingerprint density at radius 2 is 1.70 bits per heavy atom. The van der Waals surface area contributed by atoms with E-state index in [-0.39, 0.29) is 6.10 Å². The zero-order valence-electron chi connectivity index (χ0n) is 13.6. The smallest absolute Gasteiger partial charge is 0.188 e. The van der Waals surface area contributed by atoms with Gasteiger partial charge in [0.15, 0.2) is 5.05 Å². The van der Waals surface area contributed by atoms with E-state index in [1.807, 2.05) is 0 Å². The molecule has 1 heterocycles. The van der Waals surface area contributed by atoms with Crippen molar-refractivity contribution in [3.63, 3.8) is 0 Å². The van der Waals surface area contributed by atoms with E-state index >= 15 is 0 Å². The summed E-state index contributed by atoms with van der Waals surface area (Å²) in [5.74, 6) is 3.37. The van der Waals surface area contributed by atoms with Gasteiger partial charge in [0.1, 0.15) is 20.3 Å². The molecule has 2 atom stereocenters. The quantitative estimate of drug-likeness (QED) is 0.482. The minimum atomic E-state index is -1.65. The molecule has 1 saturated heterocycles. The van der Waals surface area contributed by atoms with Gasteiger partial charge in [-0.25, -0.2) is 0 Å². The first-order valence-electron chi connectivity index (χ1n) is 7.60. The molecule has 4 heteroatoms. The topological polar surface area (TPSA) is 29.5 Å². The molecule has 1 aliphatic rings. The highest BCUT2D eigenvalue weighted by Crippen LogP contribution is 2.40. The van der Waals surface area contributed by atoms with Crippen LogP contribution >= 0.6 is 12.2 Å². The lowest BCUT2D eigenvalue weighted by Gasteiger charge is -2.38. The lowest BCUT2D eigenvalue weighted by atomic mass is 10.2. The summed E-state index contributed by atoms with van der Waals surface area (Å²) in [5, 5.41) is 9.92. The average Bonchev–Trinajstić information content (AvgIpc) is 2.62. The van der Waals surface area contributed by atoms with E-state index in [9.17, 15) is 5.11 Å². The molecule has 114 valence electrons. The van der Waals surface area contributed by atoms with E-state index in [4.69, 9.17) is 17.0 Å². The molecule has 1 aliphatic heterocycles. The Hall–Kier alpha value is -0.373. The van der Waals surface area contributed by atoms with Gasteiger partial charge in [0.25, 0.3) is 0 Å². The number of thiocarbonyl (C=S) groups is 1. The van der Waals surface area contributed by atoms with E-state index in [1.165, 1.54) is 0 Å². The first-order valence-corrected chi connectivity index (χ1v) is 10.2. The Kier molecular flexibility index (Phi) is 6.24. The minimum absolute atomic E-state index is 0.0248. The van der Waals surface area contributed by atoms with Gasteiger partial charge in [-0.1, -0.05) is 41.5 Å². The van der Waals surface area contributed by atoms with Gasteiger partial charge in [0, 0.05) is 12.8 Å². The molecular formula is C16H28O2SSi. The minimum Gasteiger partial charge on any atom is -0.480 e. The fraction of sp³-hybridized carbons (Fsp3) is 0.812. The number of rotatable bonds is 4. The van der Waals surface area contributed by atoms with Crippen LogP contribution in [0.1, 0.15) is 54.4 Å². The van der Waals surface area contributed by atoms with Crippen LogP contribution in [-0.4, -0.2) is 30.4 Å². The van der Waals surface area contributed by atoms with Crippen LogP contribution in [0.2, 0.25) is 16.6 Å². The Morgan fingerprint density at radius 3 is 2.05 bits per heavy atom. The van der Waals surface area contributed by atoms with Gasteiger partial charge < -0.3 is 9.84 Å². The first-order chi connectivity index (χ1) is 9.21. The van der Waals surface area contributed by atoms with Crippen LogP contribution in [0.3, 0.4) is 0 Å². The molecule has 0 bridgehead atoms. The molecule has 0 saturated carbocycles. The fourth-order valence-electron chi connectivity index (χ4n) is 3.51. The summed E-state index contributed by atoms with van der Waals surface area (Å²) in [6, 6.07) is 0. The summed E-state index contributed by atoms with van der Waals surface area (Å²) >= 11 is 4.96. The predicted molar refractivity (Wildman–Crippen MR) is 91.5 cm³/mol. The molecule has 20 heavy (non-hydrogen) atoms. The van der Waals surface area contributed by atoms with Crippen molar-refractivity contribution in [1.82, 2.24) is 0 Å². The van der Waals surface area contributed by atoms with Crippen molar-refractivity contribution in [2.75, 3.05) is 0 Å². The number of aliphatic hydroxyl groups is 1. The van der Waals surface area contributed by atoms with E-state index in [2.05, 4.69) is 53.0 Å². The van der Waals surface area contributed by atoms with E-state index in [1.54, 1.807) is 0 Å². The summed E-state index contributed by atoms with van der Waals surface area (Å²) < 4.78 is 5.46. The van der Waals surface area contributed by atoms with Crippen molar-refractivity contribution >= 4 is 25.3 Å². The maximum absolute atomic E-state index is 9.59. The van der Waals surface area contributed by atoms with Crippen LogP contribution in [0.5, 0.6) is 0 Å². The van der Waals surface area contributed by atoms with E-state index in [0.29, 0.717) is 34.5 Å². The Bertz CT molecular complexity index is 385. The van der Waals surface area contributed by atoms with E-state index in [0.717, 1.165) is 0 Å². The molecular weight excluding hydrogens is 284 g/mol. The molecule has 0 spiro atoms. The molecule has 0 amide bonds. The molecule has 0 aromatic carbocycles. The number of ether oxygens (including phenoxy) is 1. The second-order valence-electron chi connectivity index (χ2n) is 6.71.